The van der Waals surface area contributed by atoms with Crippen LogP contribution in [0.1, 0.15) is 12.5 Å². The molecule has 1 atom stereocenters. The zero-order chi connectivity index (χ0) is 17.6. The van der Waals surface area contributed by atoms with Crippen molar-refractivity contribution in [2.75, 3.05) is 0 Å². The van der Waals surface area contributed by atoms with Gasteiger partial charge in [-0.3, -0.25) is 0 Å². The molecule has 2 aromatic rings. The number of amides is 2. The van der Waals surface area contributed by atoms with Crippen LogP contribution in [0.15, 0.2) is 43.0 Å². The van der Waals surface area contributed by atoms with E-state index in [0.29, 0.717) is 6.54 Å². The molecule has 0 aliphatic heterocycles. The largest absolute Gasteiger partial charge is 0.573 e. The molecular weight excluding hydrogens is 325 g/mol. The van der Waals surface area contributed by atoms with Crippen LogP contribution < -0.4 is 15.4 Å². The summed E-state index contributed by atoms with van der Waals surface area (Å²) in [5.41, 5.74) is 0.229. The number of rotatable bonds is 6. The summed E-state index contributed by atoms with van der Waals surface area (Å²) in [4.78, 5) is 15.7. The van der Waals surface area contributed by atoms with Crippen molar-refractivity contribution >= 4 is 6.03 Å². The number of imidazole rings is 1. The van der Waals surface area contributed by atoms with Gasteiger partial charge in [-0.2, -0.15) is 0 Å². The molecule has 0 radical (unpaired) electrons. The summed E-state index contributed by atoms with van der Waals surface area (Å²) in [6.07, 6.45) is 0.240. The third kappa shape index (κ3) is 5.82. The summed E-state index contributed by atoms with van der Waals surface area (Å²) >= 11 is 0. The number of halogens is 3. The monoisotopic (exact) mass is 342 g/mol. The Morgan fingerprint density at radius 3 is 2.79 bits per heavy atom. The summed E-state index contributed by atoms with van der Waals surface area (Å²) in [5.74, 6) is -0.336. The van der Waals surface area contributed by atoms with Gasteiger partial charge in [0.1, 0.15) is 5.75 Å². The maximum absolute atomic E-state index is 12.3. The van der Waals surface area contributed by atoms with E-state index in [2.05, 4.69) is 20.4 Å². The number of nitrogens with one attached hydrogen (secondary N) is 2. The molecule has 2 N–H and O–H groups in total. The van der Waals surface area contributed by atoms with Crippen LogP contribution >= 0.6 is 0 Å². The predicted octanol–water partition coefficient (Wildman–Crippen LogP) is 2.67. The molecular formula is C15H17F3N4O2. The molecule has 0 fully saturated rings. The van der Waals surface area contributed by atoms with E-state index in [4.69, 9.17) is 0 Å². The second-order valence-electron chi connectivity index (χ2n) is 5.14. The van der Waals surface area contributed by atoms with Crippen molar-refractivity contribution in [2.45, 2.75) is 32.4 Å². The number of nitrogens with zero attached hydrogens (tertiary/aromatic N) is 2. The second-order valence-corrected chi connectivity index (χ2v) is 5.14. The normalized spacial score (nSPS) is 12.5. The molecule has 130 valence electrons. The number of ether oxygens (including phenoxy) is 1. The van der Waals surface area contributed by atoms with Gasteiger partial charge < -0.3 is 19.9 Å². The molecule has 24 heavy (non-hydrogen) atoms. The smallest absolute Gasteiger partial charge is 0.405 e. The highest BCUT2D eigenvalue weighted by molar-refractivity contribution is 5.74. The zero-order valence-corrected chi connectivity index (χ0v) is 12.9. The van der Waals surface area contributed by atoms with E-state index >= 15 is 0 Å². The minimum atomic E-state index is -4.78. The lowest BCUT2D eigenvalue weighted by molar-refractivity contribution is -0.274. The third-order valence-electron chi connectivity index (χ3n) is 3.06. The maximum Gasteiger partial charge on any atom is 0.573 e. The van der Waals surface area contributed by atoms with Crippen molar-refractivity contribution in [1.82, 2.24) is 20.2 Å². The SMILES string of the molecule is CC(Cn1ccnc1)NC(=O)NCc1ccccc1OC(F)(F)F. The Balaban J connectivity index is 1.85. The van der Waals surface area contributed by atoms with Crippen LogP contribution in [0, 0.1) is 0 Å². The van der Waals surface area contributed by atoms with Crippen LogP contribution in [-0.4, -0.2) is 28.0 Å². The maximum atomic E-state index is 12.3. The Labute approximate surface area is 136 Å². The molecule has 0 aliphatic rings. The minimum Gasteiger partial charge on any atom is -0.405 e. The van der Waals surface area contributed by atoms with Crippen LogP contribution in [0.4, 0.5) is 18.0 Å². The van der Waals surface area contributed by atoms with Crippen molar-refractivity contribution in [3.63, 3.8) is 0 Å². The lowest BCUT2D eigenvalue weighted by atomic mass is 10.2. The summed E-state index contributed by atoms with van der Waals surface area (Å²) in [7, 11) is 0. The molecule has 1 aromatic heterocycles. The van der Waals surface area contributed by atoms with Crippen LogP contribution in [0.2, 0.25) is 0 Å². The van der Waals surface area contributed by atoms with E-state index in [0.717, 1.165) is 0 Å². The number of urea groups is 1. The summed E-state index contributed by atoms with van der Waals surface area (Å²) in [5, 5.41) is 5.21. The van der Waals surface area contributed by atoms with Gasteiger partial charge in [0.05, 0.1) is 6.33 Å². The van der Waals surface area contributed by atoms with E-state index in [1.54, 1.807) is 36.3 Å². The summed E-state index contributed by atoms with van der Waals surface area (Å²) in [6, 6.07) is 4.99. The van der Waals surface area contributed by atoms with Crippen molar-refractivity contribution in [3.8, 4) is 5.75 Å². The van der Waals surface area contributed by atoms with Gasteiger partial charge in [-0.05, 0) is 13.0 Å². The Kier molecular flexibility index (Phi) is 5.67. The fraction of sp³-hybridized carbons (Fsp3) is 0.333. The average Bonchev–Trinajstić information content (AvgIpc) is 2.97. The molecule has 0 bridgehead atoms. The molecule has 1 unspecified atom stereocenters. The third-order valence-corrected chi connectivity index (χ3v) is 3.06. The first kappa shape index (κ1) is 17.6. The van der Waals surface area contributed by atoms with Crippen molar-refractivity contribution in [3.05, 3.63) is 48.5 Å². The topological polar surface area (TPSA) is 68.2 Å². The highest BCUT2D eigenvalue weighted by Crippen LogP contribution is 2.25. The van der Waals surface area contributed by atoms with Gasteiger partial charge in [-0.25, -0.2) is 9.78 Å². The van der Waals surface area contributed by atoms with Gasteiger partial charge in [-0.15, -0.1) is 13.2 Å². The standard InChI is InChI=1S/C15H17F3N4O2/c1-11(9-22-7-6-19-10-22)21-14(23)20-8-12-4-2-3-5-13(12)24-15(16,17)18/h2-7,10-11H,8-9H2,1H3,(H2,20,21,23). The molecule has 6 nitrogen and oxygen atoms in total. The van der Waals surface area contributed by atoms with Crippen LogP contribution in [0.25, 0.3) is 0 Å². The summed E-state index contributed by atoms with van der Waals surface area (Å²) in [6.45, 7) is 2.25. The Morgan fingerprint density at radius 1 is 1.38 bits per heavy atom. The molecule has 9 heteroatoms. The number of carbonyl (C=O) groups excluding carboxylic acids is 1. The first-order chi connectivity index (χ1) is 11.3. The van der Waals surface area contributed by atoms with Crippen LogP contribution in [0.5, 0.6) is 5.75 Å². The minimum absolute atomic E-state index is 0.0874. The highest BCUT2D eigenvalue weighted by atomic mass is 19.4. The molecule has 0 aliphatic carbocycles. The zero-order valence-electron chi connectivity index (χ0n) is 12.9. The first-order valence-electron chi connectivity index (χ1n) is 7.17. The Hall–Kier alpha value is -2.71. The number of benzene rings is 1. The lowest BCUT2D eigenvalue weighted by Crippen LogP contribution is -2.42. The fourth-order valence-corrected chi connectivity index (χ4v) is 2.08. The van der Waals surface area contributed by atoms with E-state index in [9.17, 15) is 18.0 Å². The molecule has 1 aromatic carbocycles. The molecule has 0 saturated carbocycles. The fourth-order valence-electron chi connectivity index (χ4n) is 2.08. The molecule has 2 amide bonds. The van der Waals surface area contributed by atoms with Gasteiger partial charge in [0.2, 0.25) is 0 Å². The molecule has 0 saturated heterocycles. The van der Waals surface area contributed by atoms with Gasteiger partial charge in [-0.1, -0.05) is 18.2 Å². The average molecular weight is 342 g/mol. The van der Waals surface area contributed by atoms with E-state index < -0.39 is 12.4 Å². The van der Waals surface area contributed by atoms with Crippen LogP contribution in [0.3, 0.4) is 0 Å². The van der Waals surface area contributed by atoms with Crippen LogP contribution in [-0.2, 0) is 13.1 Å². The molecule has 1 heterocycles. The number of hydrogen-bond donors (Lipinski definition) is 2. The second kappa shape index (κ2) is 7.71. The van der Waals surface area contributed by atoms with Crippen molar-refractivity contribution in [2.24, 2.45) is 0 Å². The number of alkyl halides is 3. The quantitative estimate of drug-likeness (QED) is 0.848. The Morgan fingerprint density at radius 2 is 2.12 bits per heavy atom. The summed E-state index contributed by atoms with van der Waals surface area (Å²) < 4.78 is 42.8. The number of para-hydroxylation sites is 1. The number of aromatic nitrogens is 2. The van der Waals surface area contributed by atoms with Gasteiger partial charge >= 0.3 is 12.4 Å². The number of carbonyl (C=O) groups is 1. The predicted molar refractivity (Wildman–Crippen MR) is 80.2 cm³/mol. The van der Waals surface area contributed by atoms with Gasteiger partial charge in [0.15, 0.2) is 0 Å². The van der Waals surface area contributed by atoms with Crippen molar-refractivity contribution in [1.29, 1.82) is 0 Å². The van der Waals surface area contributed by atoms with E-state index in [1.165, 1.54) is 18.2 Å². The molecule has 0 spiro atoms. The van der Waals surface area contributed by atoms with Crippen molar-refractivity contribution < 1.29 is 22.7 Å². The van der Waals surface area contributed by atoms with E-state index in [-0.39, 0.29) is 23.9 Å². The van der Waals surface area contributed by atoms with Gasteiger partial charge in [0, 0.05) is 37.1 Å². The lowest BCUT2D eigenvalue weighted by Gasteiger charge is -2.16. The molecule has 2 rings (SSSR count). The number of hydrogen-bond acceptors (Lipinski definition) is 3. The van der Waals surface area contributed by atoms with E-state index in [1.807, 2.05) is 0 Å². The van der Waals surface area contributed by atoms with Gasteiger partial charge in [0.25, 0.3) is 0 Å². The highest BCUT2D eigenvalue weighted by Gasteiger charge is 2.31. The first-order valence-corrected chi connectivity index (χ1v) is 7.17. The Bertz CT molecular complexity index is 659.